The maximum atomic E-state index is 14.2. The number of carbonyl (C=O) groups is 9. The van der Waals surface area contributed by atoms with E-state index in [1.165, 1.54) is 24.0 Å². The summed E-state index contributed by atoms with van der Waals surface area (Å²) in [5, 5.41) is 49.3. The van der Waals surface area contributed by atoms with Crippen molar-refractivity contribution >= 4 is 53.2 Å². The number of aromatic hydroxyl groups is 1. The van der Waals surface area contributed by atoms with Gasteiger partial charge in [-0.1, -0.05) is 59.6 Å². The fourth-order valence-corrected chi connectivity index (χ4v) is 7.99. The van der Waals surface area contributed by atoms with Gasteiger partial charge in [0.1, 0.15) is 54.3 Å². The van der Waals surface area contributed by atoms with Crippen LogP contribution in [-0.4, -0.2) is 141 Å². The van der Waals surface area contributed by atoms with E-state index in [4.69, 9.17) is 11.5 Å². The van der Waals surface area contributed by atoms with E-state index in [-0.39, 0.29) is 63.3 Å². The molecule has 2 heterocycles. The smallest absolute Gasteiger partial charge is 0.248 e. The standard InChI is InChI=1S/C46H74N10O12/c1-7-25(4)37(39(48)61)54-45(67)36(24(2)3)53-42(64)31-18-20-35(60)49-21-9-8-11-26(5)40(62)52-32(23-28-13-15-29(58)16-14-28)43(65)55-38(27(6)57)46(68)56-22-10-12-33(56)44(66)51-30(41(63)50-31)17-19-34(47)59/h13-16,24-27,30-34,36-38,57-59H,7-12,17-23,47H2,1-6H3,(H2,48,61)(H,49,60)(H,50,63)(H,51,66)(H,52,62)(H,53,64)(H,54,67)(H,55,65)/t25?,26?,27-,30?,31-,32-,33?,34?,36?,37-,38?/m0/s1. The Balaban J connectivity index is 1.99. The van der Waals surface area contributed by atoms with Gasteiger partial charge in [0.2, 0.25) is 53.2 Å². The van der Waals surface area contributed by atoms with Crippen molar-refractivity contribution in [3.05, 3.63) is 29.8 Å². The topological polar surface area (TPSA) is 354 Å². The largest absolute Gasteiger partial charge is 0.508 e. The Kier molecular flexibility index (Phi) is 22.6. The summed E-state index contributed by atoms with van der Waals surface area (Å²) >= 11 is 0. The Morgan fingerprint density at radius 2 is 1.46 bits per heavy atom. The molecular weight excluding hydrogens is 885 g/mol. The maximum Gasteiger partial charge on any atom is 0.248 e. The predicted molar refractivity (Wildman–Crippen MR) is 248 cm³/mol. The van der Waals surface area contributed by atoms with Crippen LogP contribution in [-0.2, 0) is 49.6 Å². The molecule has 0 aromatic heterocycles. The number of primary amides is 1. The molecule has 2 aliphatic rings. The first-order chi connectivity index (χ1) is 32.0. The SMILES string of the molecule is CCC(C)[C@H](NC(=O)C(NC(=O)[C@@H]1CCC(=O)NCCCCC(C)C(=O)N[C@@H](Cc2ccc(O)cc2)C(=O)NC([C@H](C)O)C(=O)N2CCCC2C(=O)NC(CCC(N)O)C(=O)N1)C(C)C)C(N)=O. The van der Waals surface area contributed by atoms with Crippen molar-refractivity contribution < 1.29 is 58.5 Å². The van der Waals surface area contributed by atoms with Gasteiger partial charge in [-0.15, -0.1) is 0 Å². The third-order valence-corrected chi connectivity index (χ3v) is 12.5. The number of aliphatic hydroxyl groups excluding tert-OH is 2. The molecule has 68 heavy (non-hydrogen) atoms. The number of nitrogens with one attached hydrogen (secondary N) is 7. The first-order valence-electron chi connectivity index (χ1n) is 23.6. The van der Waals surface area contributed by atoms with Gasteiger partial charge in [-0.2, -0.15) is 0 Å². The number of aliphatic hydroxyl groups is 2. The summed E-state index contributed by atoms with van der Waals surface area (Å²) in [6.07, 6.45) is -1.68. The lowest BCUT2D eigenvalue weighted by atomic mass is 9.96. The van der Waals surface area contributed by atoms with Gasteiger partial charge in [0.25, 0.3) is 0 Å². The van der Waals surface area contributed by atoms with E-state index in [0.717, 1.165) is 0 Å². The molecule has 0 spiro atoms. The molecule has 22 heteroatoms. The number of rotatable bonds is 14. The Hall–Kier alpha value is -5.87. The van der Waals surface area contributed by atoms with E-state index >= 15 is 0 Å². The number of amides is 9. The van der Waals surface area contributed by atoms with Crippen LogP contribution < -0.4 is 48.7 Å². The number of hydrogen-bond donors (Lipinski definition) is 12. The van der Waals surface area contributed by atoms with Crippen molar-refractivity contribution in [2.24, 2.45) is 29.2 Å². The molecule has 9 amide bonds. The molecule has 3 rings (SSSR count). The third kappa shape index (κ3) is 17.3. The van der Waals surface area contributed by atoms with Crippen molar-refractivity contribution in [1.29, 1.82) is 0 Å². The number of carbonyl (C=O) groups excluding carboxylic acids is 9. The van der Waals surface area contributed by atoms with Gasteiger partial charge in [-0.3, -0.25) is 43.2 Å². The molecule has 1 aromatic rings. The van der Waals surface area contributed by atoms with Gasteiger partial charge >= 0.3 is 0 Å². The van der Waals surface area contributed by atoms with Crippen LogP contribution >= 0.6 is 0 Å². The zero-order valence-corrected chi connectivity index (χ0v) is 40.0. The summed E-state index contributed by atoms with van der Waals surface area (Å²) in [4.78, 5) is 124. The molecule has 11 atom stereocenters. The number of nitrogens with zero attached hydrogens (tertiary/aromatic N) is 1. The second-order valence-electron chi connectivity index (χ2n) is 18.4. The van der Waals surface area contributed by atoms with E-state index in [1.54, 1.807) is 39.8 Å². The van der Waals surface area contributed by atoms with E-state index in [1.807, 2.05) is 6.92 Å². The van der Waals surface area contributed by atoms with Crippen LogP contribution in [0.2, 0.25) is 0 Å². The van der Waals surface area contributed by atoms with Gasteiger partial charge in [-0.05, 0) is 81.4 Å². The number of phenolic OH excluding ortho intramolecular Hbond substituents is 1. The highest BCUT2D eigenvalue weighted by Crippen LogP contribution is 2.21. The van der Waals surface area contributed by atoms with Gasteiger partial charge in [0.05, 0.1) is 6.10 Å². The zero-order valence-electron chi connectivity index (χ0n) is 40.0. The van der Waals surface area contributed by atoms with Crippen LogP contribution in [0.4, 0.5) is 0 Å². The average Bonchev–Trinajstić information content (AvgIpc) is 3.78. The second-order valence-corrected chi connectivity index (χ2v) is 18.4. The average molecular weight is 959 g/mol. The molecule has 0 saturated carbocycles. The quantitative estimate of drug-likeness (QED) is 0.0916. The van der Waals surface area contributed by atoms with Crippen LogP contribution in [0.3, 0.4) is 0 Å². The summed E-state index contributed by atoms with van der Waals surface area (Å²) in [5.41, 5.74) is 11.8. The minimum Gasteiger partial charge on any atom is -0.508 e. The molecular formula is C46H74N10O12. The fourth-order valence-electron chi connectivity index (χ4n) is 7.99. The van der Waals surface area contributed by atoms with Crippen molar-refractivity contribution in [3.8, 4) is 5.75 Å². The predicted octanol–water partition coefficient (Wildman–Crippen LogP) is -1.82. The molecule has 2 aliphatic heterocycles. The Morgan fingerprint density at radius 3 is 2.06 bits per heavy atom. The lowest BCUT2D eigenvalue weighted by Gasteiger charge is -2.32. The van der Waals surface area contributed by atoms with Gasteiger partial charge in [0, 0.05) is 31.8 Å². The second kappa shape index (κ2) is 27.2. The van der Waals surface area contributed by atoms with E-state index < -0.39 is 120 Å². The normalized spacial score (nSPS) is 25.4. The van der Waals surface area contributed by atoms with Crippen LogP contribution in [0.25, 0.3) is 0 Å². The summed E-state index contributed by atoms with van der Waals surface area (Å²) in [7, 11) is 0. The maximum absolute atomic E-state index is 14.2. The zero-order chi connectivity index (χ0) is 50.8. The molecule has 0 bridgehead atoms. The molecule has 2 fully saturated rings. The monoisotopic (exact) mass is 959 g/mol. The number of phenols is 1. The van der Waals surface area contributed by atoms with E-state index in [2.05, 4.69) is 37.2 Å². The molecule has 380 valence electrons. The number of nitrogens with two attached hydrogens (primary N) is 2. The minimum absolute atomic E-state index is 0.0154. The molecule has 1 aromatic carbocycles. The van der Waals surface area contributed by atoms with Gasteiger partial charge in [0.15, 0.2) is 0 Å². The fraction of sp³-hybridized carbons (Fsp3) is 0.674. The number of hydrogen-bond acceptors (Lipinski definition) is 13. The highest BCUT2D eigenvalue weighted by atomic mass is 16.3. The molecule has 7 unspecified atom stereocenters. The molecule has 22 nitrogen and oxygen atoms in total. The van der Waals surface area contributed by atoms with Crippen LogP contribution in [0.15, 0.2) is 24.3 Å². The van der Waals surface area contributed by atoms with Crippen LogP contribution in [0, 0.1) is 17.8 Å². The van der Waals surface area contributed by atoms with E-state index in [9.17, 15) is 58.5 Å². The molecule has 0 radical (unpaired) electrons. The van der Waals surface area contributed by atoms with Gasteiger partial charge < -0.3 is 68.9 Å². The lowest BCUT2D eigenvalue weighted by Crippen LogP contribution is -2.61. The minimum atomic E-state index is -1.58. The van der Waals surface area contributed by atoms with Crippen LogP contribution in [0.1, 0.15) is 111 Å². The Labute approximate surface area is 397 Å². The summed E-state index contributed by atoms with van der Waals surface area (Å²) in [6.45, 7) is 10.0. The number of benzene rings is 1. The lowest BCUT2D eigenvalue weighted by molar-refractivity contribution is -0.144. The Morgan fingerprint density at radius 1 is 0.809 bits per heavy atom. The van der Waals surface area contributed by atoms with Crippen molar-refractivity contribution in [3.63, 3.8) is 0 Å². The highest BCUT2D eigenvalue weighted by Gasteiger charge is 2.42. The van der Waals surface area contributed by atoms with E-state index in [0.29, 0.717) is 37.7 Å². The highest BCUT2D eigenvalue weighted by molar-refractivity contribution is 5.98. The summed E-state index contributed by atoms with van der Waals surface area (Å²) in [6, 6.07) is -3.21. The van der Waals surface area contributed by atoms with Crippen molar-refractivity contribution in [2.75, 3.05) is 13.1 Å². The molecule has 0 aliphatic carbocycles. The first-order valence-corrected chi connectivity index (χ1v) is 23.6. The first kappa shape index (κ1) is 56.5. The summed E-state index contributed by atoms with van der Waals surface area (Å²) < 4.78 is 0. The third-order valence-electron chi connectivity index (χ3n) is 12.5. The van der Waals surface area contributed by atoms with Crippen molar-refractivity contribution in [2.45, 2.75) is 167 Å². The van der Waals surface area contributed by atoms with Crippen LogP contribution in [0.5, 0.6) is 5.75 Å². The van der Waals surface area contributed by atoms with Gasteiger partial charge in [-0.25, -0.2) is 0 Å². The molecule has 14 N–H and O–H groups in total. The summed E-state index contributed by atoms with van der Waals surface area (Å²) in [5.74, 6) is -8.08. The molecule has 2 saturated heterocycles. The Bertz CT molecular complexity index is 1910. The van der Waals surface area contributed by atoms with Crippen molar-refractivity contribution in [1.82, 2.24) is 42.1 Å². The number of fused-ring (bicyclic) bond motifs is 1.